The Kier molecular flexibility index (Phi) is 4.90. The van der Waals surface area contributed by atoms with Gasteiger partial charge in [0.1, 0.15) is 11.3 Å². The molecule has 1 aromatic heterocycles. The van der Waals surface area contributed by atoms with Gasteiger partial charge in [0.25, 0.3) is 0 Å². The average Bonchev–Trinajstić information content (AvgIpc) is 3.05. The highest BCUT2D eigenvalue weighted by Gasteiger charge is 2.18. The SMILES string of the molecule is CCc1cccc2c(C(=O)COC(=O)c3cc(Br)ccc3O)c[nH]c12. The molecule has 0 unspecified atom stereocenters. The minimum Gasteiger partial charge on any atom is -0.507 e. The van der Waals surface area contributed by atoms with E-state index in [1.54, 1.807) is 12.3 Å². The first-order valence-electron chi connectivity index (χ1n) is 7.79. The molecule has 0 aliphatic rings. The van der Waals surface area contributed by atoms with Crippen LogP contribution in [-0.4, -0.2) is 28.4 Å². The molecule has 0 atom stereocenters. The molecule has 3 rings (SSSR count). The second-order valence-corrected chi connectivity index (χ2v) is 6.47. The Labute approximate surface area is 152 Å². The lowest BCUT2D eigenvalue weighted by Crippen LogP contribution is -2.14. The predicted molar refractivity (Wildman–Crippen MR) is 98.1 cm³/mol. The van der Waals surface area contributed by atoms with Crippen LogP contribution in [0.1, 0.15) is 33.2 Å². The van der Waals surface area contributed by atoms with E-state index in [9.17, 15) is 14.7 Å². The highest BCUT2D eigenvalue weighted by Crippen LogP contribution is 2.24. The molecule has 3 aromatic rings. The van der Waals surface area contributed by atoms with Gasteiger partial charge in [-0.15, -0.1) is 0 Å². The van der Waals surface area contributed by atoms with E-state index in [4.69, 9.17) is 4.74 Å². The smallest absolute Gasteiger partial charge is 0.342 e. The molecular formula is C19H16BrNO4. The molecule has 25 heavy (non-hydrogen) atoms. The fourth-order valence-corrected chi connectivity index (χ4v) is 3.06. The number of hydrogen-bond donors (Lipinski definition) is 2. The van der Waals surface area contributed by atoms with E-state index in [1.165, 1.54) is 12.1 Å². The van der Waals surface area contributed by atoms with Crippen LogP contribution >= 0.6 is 15.9 Å². The molecule has 0 bridgehead atoms. The fourth-order valence-electron chi connectivity index (χ4n) is 2.70. The number of carbonyl (C=O) groups is 2. The van der Waals surface area contributed by atoms with E-state index in [1.807, 2.05) is 25.1 Å². The number of ether oxygens (including phenoxy) is 1. The molecule has 2 N–H and O–H groups in total. The predicted octanol–water partition coefficient (Wildman–Crippen LogP) is 4.24. The van der Waals surface area contributed by atoms with Crippen molar-refractivity contribution in [2.45, 2.75) is 13.3 Å². The molecule has 1 heterocycles. The number of halogens is 1. The Bertz CT molecular complexity index is 961. The zero-order valence-corrected chi connectivity index (χ0v) is 15.1. The number of esters is 1. The average molecular weight is 402 g/mol. The van der Waals surface area contributed by atoms with Gasteiger partial charge in [-0.25, -0.2) is 4.79 Å². The van der Waals surface area contributed by atoms with Crippen LogP contribution < -0.4 is 0 Å². The number of hydrogen-bond acceptors (Lipinski definition) is 4. The third-order valence-electron chi connectivity index (χ3n) is 4.00. The third-order valence-corrected chi connectivity index (χ3v) is 4.49. The topological polar surface area (TPSA) is 79.4 Å². The van der Waals surface area contributed by atoms with Crippen molar-refractivity contribution in [3.05, 3.63) is 63.8 Å². The van der Waals surface area contributed by atoms with Crippen molar-refractivity contribution in [3.8, 4) is 5.75 Å². The number of aromatic amines is 1. The zero-order chi connectivity index (χ0) is 18.0. The number of Topliss-reactive ketones (excluding diaryl/α,β-unsaturated/α-hetero) is 1. The number of aromatic nitrogens is 1. The van der Waals surface area contributed by atoms with Gasteiger partial charge in [-0.05, 0) is 30.2 Å². The Morgan fingerprint density at radius 1 is 1.20 bits per heavy atom. The molecule has 5 nitrogen and oxygen atoms in total. The first-order valence-corrected chi connectivity index (χ1v) is 8.58. The lowest BCUT2D eigenvalue weighted by Gasteiger charge is -2.06. The molecule has 128 valence electrons. The Morgan fingerprint density at radius 3 is 2.76 bits per heavy atom. The first-order chi connectivity index (χ1) is 12.0. The van der Waals surface area contributed by atoms with Gasteiger partial charge in [0.05, 0.1) is 0 Å². The van der Waals surface area contributed by atoms with E-state index in [2.05, 4.69) is 20.9 Å². The van der Waals surface area contributed by atoms with Gasteiger partial charge in [-0.3, -0.25) is 4.79 Å². The Hall–Kier alpha value is -2.60. The van der Waals surface area contributed by atoms with Crippen LogP contribution in [0.5, 0.6) is 5.75 Å². The minimum absolute atomic E-state index is 0.00868. The molecule has 0 saturated heterocycles. The summed E-state index contributed by atoms with van der Waals surface area (Å²) in [6.45, 7) is 1.65. The number of carbonyl (C=O) groups excluding carboxylic acids is 2. The number of phenols is 1. The van der Waals surface area contributed by atoms with Gasteiger partial charge in [-0.1, -0.05) is 41.1 Å². The van der Waals surface area contributed by atoms with Crippen molar-refractivity contribution in [1.29, 1.82) is 0 Å². The maximum absolute atomic E-state index is 12.4. The van der Waals surface area contributed by atoms with Crippen LogP contribution in [0.15, 0.2) is 47.1 Å². The summed E-state index contributed by atoms with van der Waals surface area (Å²) in [7, 11) is 0. The molecule has 0 radical (unpaired) electrons. The summed E-state index contributed by atoms with van der Waals surface area (Å²) in [6.07, 6.45) is 2.49. The highest BCUT2D eigenvalue weighted by molar-refractivity contribution is 9.10. The van der Waals surface area contributed by atoms with Crippen LogP contribution in [0.4, 0.5) is 0 Å². The quantitative estimate of drug-likeness (QED) is 0.494. The Morgan fingerprint density at radius 2 is 2.00 bits per heavy atom. The zero-order valence-electron chi connectivity index (χ0n) is 13.5. The summed E-state index contributed by atoms with van der Waals surface area (Å²) < 4.78 is 5.70. The largest absolute Gasteiger partial charge is 0.507 e. The lowest BCUT2D eigenvalue weighted by atomic mass is 10.1. The minimum atomic E-state index is -0.749. The van der Waals surface area contributed by atoms with E-state index in [0.717, 1.165) is 22.9 Å². The van der Waals surface area contributed by atoms with E-state index < -0.39 is 12.6 Å². The second-order valence-electron chi connectivity index (χ2n) is 5.56. The van der Waals surface area contributed by atoms with Crippen LogP contribution in [0.25, 0.3) is 10.9 Å². The van der Waals surface area contributed by atoms with Crippen LogP contribution in [0.2, 0.25) is 0 Å². The maximum atomic E-state index is 12.4. The number of aryl methyl sites for hydroxylation is 1. The highest BCUT2D eigenvalue weighted by atomic mass is 79.9. The number of phenolic OH excluding ortho intramolecular Hbond substituents is 1. The standard InChI is InChI=1S/C19H16BrNO4/c1-2-11-4-3-5-13-15(9-21-18(11)13)17(23)10-25-19(24)14-8-12(20)6-7-16(14)22/h3-9,21-22H,2,10H2,1H3. The van der Waals surface area contributed by atoms with E-state index in [-0.39, 0.29) is 17.1 Å². The molecule has 0 aliphatic carbocycles. The first kappa shape index (κ1) is 17.2. The monoisotopic (exact) mass is 401 g/mol. The number of fused-ring (bicyclic) bond motifs is 1. The van der Waals surface area contributed by atoms with Crippen LogP contribution in [0.3, 0.4) is 0 Å². The van der Waals surface area contributed by atoms with Gasteiger partial charge < -0.3 is 14.8 Å². The molecule has 0 saturated carbocycles. The molecule has 0 amide bonds. The number of ketones is 1. The van der Waals surface area contributed by atoms with Crippen molar-refractivity contribution in [1.82, 2.24) is 4.98 Å². The summed E-state index contributed by atoms with van der Waals surface area (Å²) in [5.41, 5.74) is 2.53. The molecule has 0 spiro atoms. The van der Waals surface area contributed by atoms with Gasteiger partial charge in [0.15, 0.2) is 6.61 Å². The number of aromatic hydroxyl groups is 1. The normalized spacial score (nSPS) is 10.8. The summed E-state index contributed by atoms with van der Waals surface area (Å²) in [6, 6.07) is 10.2. The number of para-hydroxylation sites is 1. The summed E-state index contributed by atoms with van der Waals surface area (Å²) in [4.78, 5) is 27.6. The van der Waals surface area contributed by atoms with Gasteiger partial charge >= 0.3 is 5.97 Å². The van der Waals surface area contributed by atoms with Crippen LogP contribution in [0, 0.1) is 0 Å². The number of nitrogens with one attached hydrogen (secondary N) is 1. The second kappa shape index (κ2) is 7.11. The molecule has 6 heteroatoms. The van der Waals surface area contributed by atoms with Gasteiger partial charge in [0, 0.05) is 27.1 Å². The molecule has 0 fully saturated rings. The Balaban J connectivity index is 1.77. The van der Waals surface area contributed by atoms with Crippen molar-refractivity contribution >= 4 is 38.6 Å². The number of rotatable bonds is 5. The third kappa shape index (κ3) is 3.44. The molecule has 0 aliphatic heterocycles. The summed E-state index contributed by atoms with van der Waals surface area (Å²) >= 11 is 3.23. The van der Waals surface area contributed by atoms with Crippen molar-refractivity contribution in [2.75, 3.05) is 6.61 Å². The van der Waals surface area contributed by atoms with Gasteiger partial charge in [-0.2, -0.15) is 0 Å². The molecule has 2 aromatic carbocycles. The van der Waals surface area contributed by atoms with Crippen molar-refractivity contribution < 1.29 is 19.4 Å². The summed E-state index contributed by atoms with van der Waals surface area (Å²) in [5, 5.41) is 10.6. The van der Waals surface area contributed by atoms with Crippen molar-refractivity contribution in [2.24, 2.45) is 0 Å². The lowest BCUT2D eigenvalue weighted by molar-refractivity contribution is 0.0472. The van der Waals surface area contributed by atoms with Gasteiger partial charge in [0.2, 0.25) is 5.78 Å². The number of benzene rings is 2. The molecular weight excluding hydrogens is 386 g/mol. The van der Waals surface area contributed by atoms with Crippen molar-refractivity contribution in [3.63, 3.8) is 0 Å². The maximum Gasteiger partial charge on any atom is 0.342 e. The summed E-state index contributed by atoms with van der Waals surface area (Å²) in [5.74, 6) is -1.25. The van der Waals surface area contributed by atoms with E-state index >= 15 is 0 Å². The van der Waals surface area contributed by atoms with Crippen LogP contribution in [-0.2, 0) is 11.2 Å². The number of H-pyrrole nitrogens is 1. The van der Waals surface area contributed by atoms with E-state index in [0.29, 0.717) is 10.0 Å². The fraction of sp³-hybridized carbons (Fsp3) is 0.158.